The summed E-state index contributed by atoms with van der Waals surface area (Å²) < 4.78 is 4.23. The Balaban J connectivity index is 2.77. The van der Waals surface area contributed by atoms with Gasteiger partial charge in [0.05, 0.1) is 0 Å². The van der Waals surface area contributed by atoms with E-state index < -0.39 is 18.1 Å². The molecule has 4 heteroatoms. The lowest BCUT2D eigenvalue weighted by Gasteiger charge is -2.06. The van der Waals surface area contributed by atoms with Crippen LogP contribution in [-0.2, 0) is 9.53 Å². The van der Waals surface area contributed by atoms with E-state index in [1.807, 2.05) is 0 Å². The highest BCUT2D eigenvalue weighted by atomic mass is 16.6. The van der Waals surface area contributed by atoms with Gasteiger partial charge in [-0.1, -0.05) is 0 Å². The van der Waals surface area contributed by atoms with Crippen molar-refractivity contribution in [3.05, 3.63) is 0 Å². The first-order valence-corrected chi connectivity index (χ1v) is 2.61. The Morgan fingerprint density at radius 2 is 2.11 bits per heavy atom. The van der Waals surface area contributed by atoms with Gasteiger partial charge in [0.1, 0.15) is 6.04 Å². The van der Waals surface area contributed by atoms with Crippen molar-refractivity contribution in [3.8, 4) is 0 Å². The number of hydrogen-bond acceptors (Lipinski definition) is 3. The molecule has 0 saturated carbocycles. The third kappa shape index (κ3) is 0.759. The Hall–Kier alpha value is -1.06. The molecule has 1 atom stereocenters. The fourth-order valence-corrected chi connectivity index (χ4v) is 0.560. The molecule has 1 aliphatic rings. The van der Waals surface area contributed by atoms with Crippen LogP contribution in [-0.4, -0.2) is 30.1 Å². The first kappa shape index (κ1) is 6.07. The molecule has 1 fully saturated rings. The van der Waals surface area contributed by atoms with E-state index in [2.05, 4.69) is 4.74 Å². The Bertz CT molecular complexity index is 148. The standard InChI is InChI=1S/C5H7NO3/c1-3-4(7)9-5(8)6(3)2/h3H,1-2H3/t3-/m1/s1. The van der Waals surface area contributed by atoms with Gasteiger partial charge in [-0.05, 0) is 6.92 Å². The van der Waals surface area contributed by atoms with Gasteiger partial charge in [-0.2, -0.15) is 0 Å². The van der Waals surface area contributed by atoms with Crippen LogP contribution in [0, 0.1) is 0 Å². The number of esters is 1. The quantitative estimate of drug-likeness (QED) is 0.341. The molecule has 0 unspecified atom stereocenters. The SMILES string of the molecule is C[C@@H]1C(=O)OC(=O)N1C. The Kier molecular flexibility index (Phi) is 1.16. The number of likely N-dealkylation sites (N-methyl/N-ethyl adjacent to an activating group) is 1. The Labute approximate surface area is 52.4 Å². The number of ether oxygens (including phenoxy) is 1. The van der Waals surface area contributed by atoms with E-state index in [0.717, 1.165) is 0 Å². The lowest BCUT2D eigenvalue weighted by molar-refractivity contribution is -0.135. The third-order valence-corrected chi connectivity index (χ3v) is 1.40. The predicted molar refractivity (Wildman–Crippen MR) is 28.7 cm³/mol. The summed E-state index contributed by atoms with van der Waals surface area (Å²) in [5, 5.41) is 0. The molecule has 0 radical (unpaired) electrons. The smallest absolute Gasteiger partial charge is 0.375 e. The van der Waals surface area contributed by atoms with Crippen LogP contribution in [0.25, 0.3) is 0 Å². The number of amides is 1. The minimum Gasteiger partial charge on any atom is -0.375 e. The predicted octanol–water partition coefficient (Wildman–Crippen LogP) is -0.0165. The second-order valence-corrected chi connectivity index (χ2v) is 1.97. The maximum absolute atomic E-state index is 10.5. The van der Waals surface area contributed by atoms with Crippen LogP contribution in [0.1, 0.15) is 6.92 Å². The average molecular weight is 129 g/mol. The van der Waals surface area contributed by atoms with Crippen molar-refractivity contribution < 1.29 is 14.3 Å². The molecule has 0 bridgehead atoms. The summed E-state index contributed by atoms with van der Waals surface area (Å²) in [4.78, 5) is 22.2. The van der Waals surface area contributed by atoms with Crippen LogP contribution < -0.4 is 0 Å². The maximum Gasteiger partial charge on any atom is 0.418 e. The summed E-state index contributed by atoms with van der Waals surface area (Å²) in [6.45, 7) is 1.62. The van der Waals surface area contributed by atoms with Gasteiger partial charge in [-0.3, -0.25) is 4.90 Å². The largest absolute Gasteiger partial charge is 0.418 e. The second kappa shape index (κ2) is 1.72. The van der Waals surface area contributed by atoms with Crippen molar-refractivity contribution in [2.75, 3.05) is 7.05 Å². The van der Waals surface area contributed by atoms with Gasteiger partial charge in [-0.15, -0.1) is 0 Å². The van der Waals surface area contributed by atoms with Crippen molar-refractivity contribution >= 4 is 12.1 Å². The van der Waals surface area contributed by atoms with Gasteiger partial charge >= 0.3 is 12.1 Å². The lowest BCUT2D eigenvalue weighted by atomic mass is 10.3. The topological polar surface area (TPSA) is 46.6 Å². The molecule has 0 aromatic heterocycles. The molecule has 0 spiro atoms. The molecule has 50 valence electrons. The highest BCUT2D eigenvalue weighted by molar-refractivity contribution is 5.94. The molecular weight excluding hydrogens is 122 g/mol. The van der Waals surface area contributed by atoms with E-state index in [9.17, 15) is 9.59 Å². The van der Waals surface area contributed by atoms with E-state index in [1.54, 1.807) is 6.92 Å². The molecule has 0 aromatic rings. The Morgan fingerprint density at radius 1 is 1.56 bits per heavy atom. The van der Waals surface area contributed by atoms with Crippen molar-refractivity contribution in [1.29, 1.82) is 0 Å². The van der Waals surface area contributed by atoms with Gasteiger partial charge in [0.15, 0.2) is 0 Å². The summed E-state index contributed by atoms with van der Waals surface area (Å²) in [5.41, 5.74) is 0. The summed E-state index contributed by atoms with van der Waals surface area (Å²) in [6.07, 6.45) is -0.563. The number of cyclic esters (lactones) is 2. The van der Waals surface area contributed by atoms with E-state index in [1.165, 1.54) is 11.9 Å². The number of nitrogens with zero attached hydrogens (tertiary/aromatic N) is 1. The summed E-state index contributed by atoms with van der Waals surface area (Å²) in [7, 11) is 1.53. The summed E-state index contributed by atoms with van der Waals surface area (Å²) in [6, 6.07) is -0.419. The minimum absolute atomic E-state index is 0.419. The molecular formula is C5H7NO3. The van der Waals surface area contributed by atoms with Crippen LogP contribution in [0.2, 0.25) is 0 Å². The zero-order valence-corrected chi connectivity index (χ0v) is 5.25. The lowest BCUT2D eigenvalue weighted by Crippen LogP contribution is -2.27. The van der Waals surface area contributed by atoms with Crippen LogP contribution in [0.3, 0.4) is 0 Å². The fraction of sp³-hybridized carbons (Fsp3) is 0.600. The monoisotopic (exact) mass is 129 g/mol. The van der Waals surface area contributed by atoms with Gasteiger partial charge in [0.25, 0.3) is 0 Å². The number of hydrogen-bond donors (Lipinski definition) is 0. The average Bonchev–Trinajstić information content (AvgIpc) is 1.98. The van der Waals surface area contributed by atoms with Crippen LogP contribution in [0.4, 0.5) is 4.79 Å². The molecule has 0 aromatic carbocycles. The van der Waals surface area contributed by atoms with Crippen LogP contribution in [0.15, 0.2) is 0 Å². The van der Waals surface area contributed by atoms with Gasteiger partial charge < -0.3 is 4.74 Å². The van der Waals surface area contributed by atoms with Crippen molar-refractivity contribution in [2.24, 2.45) is 0 Å². The molecule has 1 rings (SSSR count). The van der Waals surface area contributed by atoms with E-state index in [4.69, 9.17) is 0 Å². The maximum atomic E-state index is 10.5. The fourth-order valence-electron chi connectivity index (χ4n) is 0.560. The number of carbonyl (C=O) groups excluding carboxylic acids is 2. The summed E-state index contributed by atoms with van der Waals surface area (Å²) >= 11 is 0. The zero-order valence-electron chi connectivity index (χ0n) is 5.25. The first-order chi connectivity index (χ1) is 4.13. The molecule has 4 nitrogen and oxygen atoms in total. The third-order valence-electron chi connectivity index (χ3n) is 1.40. The minimum atomic E-state index is -0.563. The van der Waals surface area contributed by atoms with Crippen molar-refractivity contribution in [1.82, 2.24) is 4.90 Å². The zero-order chi connectivity index (χ0) is 7.02. The van der Waals surface area contributed by atoms with Crippen molar-refractivity contribution in [2.45, 2.75) is 13.0 Å². The van der Waals surface area contributed by atoms with E-state index >= 15 is 0 Å². The molecule has 0 aliphatic carbocycles. The van der Waals surface area contributed by atoms with Gasteiger partial charge in [-0.25, -0.2) is 9.59 Å². The van der Waals surface area contributed by atoms with E-state index in [-0.39, 0.29) is 0 Å². The molecule has 0 N–H and O–H groups in total. The van der Waals surface area contributed by atoms with Crippen LogP contribution >= 0.6 is 0 Å². The molecule has 1 aliphatic heterocycles. The molecule has 1 heterocycles. The second-order valence-electron chi connectivity index (χ2n) is 1.97. The van der Waals surface area contributed by atoms with Gasteiger partial charge in [0, 0.05) is 7.05 Å². The number of rotatable bonds is 0. The molecule has 1 amide bonds. The summed E-state index contributed by atoms with van der Waals surface area (Å²) in [5.74, 6) is -0.470. The molecule has 9 heavy (non-hydrogen) atoms. The van der Waals surface area contributed by atoms with Gasteiger partial charge in [0.2, 0.25) is 0 Å². The van der Waals surface area contributed by atoms with E-state index in [0.29, 0.717) is 0 Å². The van der Waals surface area contributed by atoms with Crippen molar-refractivity contribution in [3.63, 3.8) is 0 Å². The normalized spacial score (nSPS) is 26.9. The first-order valence-electron chi connectivity index (χ1n) is 2.61. The molecule has 1 saturated heterocycles. The Morgan fingerprint density at radius 3 is 2.22 bits per heavy atom. The highest BCUT2D eigenvalue weighted by Crippen LogP contribution is 2.09. The highest BCUT2D eigenvalue weighted by Gasteiger charge is 2.34. The van der Waals surface area contributed by atoms with Crippen LogP contribution in [0.5, 0.6) is 0 Å². The number of carbonyl (C=O) groups is 2.